The van der Waals surface area contributed by atoms with E-state index in [2.05, 4.69) is 0 Å². The van der Waals surface area contributed by atoms with Crippen molar-refractivity contribution in [1.82, 2.24) is 4.90 Å². The largest absolute Gasteiger partial charge is 0.416 e. The van der Waals surface area contributed by atoms with Crippen LogP contribution in [0.5, 0.6) is 0 Å². The first kappa shape index (κ1) is 15.7. The minimum absolute atomic E-state index is 0.0244. The van der Waals surface area contributed by atoms with Gasteiger partial charge in [0.05, 0.1) is 11.1 Å². The van der Waals surface area contributed by atoms with E-state index < -0.39 is 17.6 Å². The van der Waals surface area contributed by atoms with Crippen LogP contribution in [0.25, 0.3) is 0 Å². The van der Waals surface area contributed by atoms with Crippen LogP contribution in [0.4, 0.5) is 18.9 Å². The normalized spacial score (nSPS) is 22.6. The molecule has 6 heteroatoms. The number of benzene rings is 1. The Bertz CT molecular complexity index is 542. The molecule has 2 atom stereocenters. The van der Waals surface area contributed by atoms with Gasteiger partial charge in [0.1, 0.15) is 0 Å². The van der Waals surface area contributed by atoms with Gasteiger partial charge in [-0.25, -0.2) is 0 Å². The Morgan fingerprint density at radius 1 is 1.38 bits per heavy atom. The van der Waals surface area contributed by atoms with E-state index in [-0.39, 0.29) is 23.3 Å². The SMILES string of the molecule is CCC1CCC(C)N1C(=O)c1cc(C(F)(F)F)ccc1N. The molecule has 0 aromatic heterocycles. The minimum atomic E-state index is -4.48. The molecule has 0 radical (unpaired) electrons. The Hall–Kier alpha value is -1.72. The number of hydrogen-bond acceptors (Lipinski definition) is 2. The van der Waals surface area contributed by atoms with E-state index in [1.54, 1.807) is 4.90 Å². The first-order valence-electron chi connectivity index (χ1n) is 7.05. The number of rotatable bonds is 2. The van der Waals surface area contributed by atoms with E-state index >= 15 is 0 Å². The van der Waals surface area contributed by atoms with Gasteiger partial charge >= 0.3 is 6.18 Å². The van der Waals surface area contributed by atoms with Gasteiger partial charge in [0.15, 0.2) is 0 Å². The Morgan fingerprint density at radius 3 is 2.62 bits per heavy atom. The second-order valence-corrected chi connectivity index (χ2v) is 5.50. The first-order valence-corrected chi connectivity index (χ1v) is 7.05. The quantitative estimate of drug-likeness (QED) is 0.847. The van der Waals surface area contributed by atoms with Crippen molar-refractivity contribution in [3.05, 3.63) is 29.3 Å². The van der Waals surface area contributed by atoms with Gasteiger partial charge in [0.2, 0.25) is 0 Å². The minimum Gasteiger partial charge on any atom is -0.398 e. The number of nitrogens with two attached hydrogens (primary N) is 1. The van der Waals surface area contributed by atoms with E-state index in [0.717, 1.165) is 37.5 Å². The fourth-order valence-corrected chi connectivity index (χ4v) is 2.90. The van der Waals surface area contributed by atoms with Crippen LogP contribution in [-0.2, 0) is 6.18 Å². The molecular formula is C15H19F3N2O. The number of hydrogen-bond donors (Lipinski definition) is 1. The molecule has 0 spiro atoms. The molecule has 1 aliphatic heterocycles. The summed E-state index contributed by atoms with van der Waals surface area (Å²) in [5.74, 6) is -0.407. The average Bonchev–Trinajstić information content (AvgIpc) is 2.78. The van der Waals surface area contributed by atoms with Crippen LogP contribution in [0.1, 0.15) is 49.0 Å². The molecule has 1 aromatic carbocycles. The summed E-state index contributed by atoms with van der Waals surface area (Å²) in [7, 11) is 0. The van der Waals surface area contributed by atoms with Crippen molar-refractivity contribution in [2.24, 2.45) is 0 Å². The van der Waals surface area contributed by atoms with Crippen molar-refractivity contribution >= 4 is 11.6 Å². The number of halogens is 3. The molecule has 2 N–H and O–H groups in total. The molecule has 1 heterocycles. The maximum Gasteiger partial charge on any atom is 0.416 e. The number of nitrogen functional groups attached to an aromatic ring is 1. The molecule has 0 aliphatic carbocycles. The smallest absolute Gasteiger partial charge is 0.398 e. The van der Waals surface area contributed by atoms with Gasteiger partial charge in [-0.05, 0) is 44.4 Å². The molecule has 3 nitrogen and oxygen atoms in total. The van der Waals surface area contributed by atoms with Gasteiger partial charge < -0.3 is 10.6 Å². The Balaban J connectivity index is 2.39. The summed E-state index contributed by atoms with van der Waals surface area (Å²) in [5, 5.41) is 0. The van der Waals surface area contributed by atoms with Gasteiger partial charge in [0, 0.05) is 17.8 Å². The van der Waals surface area contributed by atoms with Crippen molar-refractivity contribution in [3.8, 4) is 0 Å². The lowest BCUT2D eigenvalue weighted by atomic mass is 10.1. The molecule has 0 saturated carbocycles. The molecular weight excluding hydrogens is 281 g/mol. The van der Waals surface area contributed by atoms with Crippen molar-refractivity contribution in [2.45, 2.75) is 51.4 Å². The molecule has 1 aliphatic rings. The summed E-state index contributed by atoms with van der Waals surface area (Å²) >= 11 is 0. The number of likely N-dealkylation sites (tertiary alicyclic amines) is 1. The summed E-state index contributed by atoms with van der Waals surface area (Å²) in [5.41, 5.74) is 4.90. The number of nitrogens with zero attached hydrogens (tertiary/aromatic N) is 1. The van der Waals surface area contributed by atoms with Crippen molar-refractivity contribution < 1.29 is 18.0 Å². The van der Waals surface area contributed by atoms with E-state index in [9.17, 15) is 18.0 Å². The number of amides is 1. The third kappa shape index (κ3) is 2.99. The fraction of sp³-hybridized carbons (Fsp3) is 0.533. The molecule has 1 amide bonds. The van der Waals surface area contributed by atoms with E-state index in [4.69, 9.17) is 5.73 Å². The van der Waals surface area contributed by atoms with E-state index in [1.807, 2.05) is 13.8 Å². The van der Waals surface area contributed by atoms with Crippen LogP contribution in [0.15, 0.2) is 18.2 Å². The fourth-order valence-electron chi connectivity index (χ4n) is 2.90. The summed E-state index contributed by atoms with van der Waals surface area (Å²) in [4.78, 5) is 14.3. The van der Waals surface area contributed by atoms with Crippen molar-refractivity contribution in [2.75, 3.05) is 5.73 Å². The third-order valence-electron chi connectivity index (χ3n) is 4.10. The number of carbonyl (C=O) groups is 1. The van der Waals surface area contributed by atoms with Crippen LogP contribution in [-0.4, -0.2) is 22.9 Å². The number of anilines is 1. The highest BCUT2D eigenvalue weighted by Gasteiger charge is 2.36. The molecule has 2 rings (SSSR count). The second kappa shape index (κ2) is 5.58. The predicted octanol–water partition coefficient (Wildman–Crippen LogP) is 3.69. The van der Waals surface area contributed by atoms with Gasteiger partial charge in [-0.2, -0.15) is 13.2 Å². The lowest BCUT2D eigenvalue weighted by molar-refractivity contribution is -0.137. The topological polar surface area (TPSA) is 46.3 Å². The molecule has 21 heavy (non-hydrogen) atoms. The van der Waals surface area contributed by atoms with Crippen LogP contribution < -0.4 is 5.73 Å². The molecule has 0 bridgehead atoms. The molecule has 2 unspecified atom stereocenters. The molecule has 1 saturated heterocycles. The summed E-state index contributed by atoms with van der Waals surface area (Å²) < 4.78 is 38.4. The Labute approximate surface area is 121 Å². The predicted molar refractivity (Wildman–Crippen MR) is 74.8 cm³/mol. The van der Waals surface area contributed by atoms with E-state index in [0.29, 0.717) is 0 Å². The summed E-state index contributed by atoms with van der Waals surface area (Å²) in [6.07, 6.45) is -1.95. The maximum absolute atomic E-state index is 12.8. The van der Waals surface area contributed by atoms with Crippen molar-refractivity contribution in [1.29, 1.82) is 0 Å². The maximum atomic E-state index is 12.8. The van der Waals surface area contributed by atoms with Gasteiger partial charge in [0.25, 0.3) is 5.91 Å². The lowest BCUT2D eigenvalue weighted by Crippen LogP contribution is -2.40. The van der Waals surface area contributed by atoms with Crippen LogP contribution in [0, 0.1) is 0 Å². The summed E-state index contributed by atoms with van der Waals surface area (Å²) in [6, 6.07) is 3.00. The average molecular weight is 300 g/mol. The molecule has 116 valence electrons. The molecule has 1 fully saturated rings. The number of carbonyl (C=O) groups excluding carboxylic acids is 1. The standard InChI is InChI=1S/C15H19F3N2O/c1-3-11-6-4-9(2)20(11)14(21)12-8-10(15(16,17)18)5-7-13(12)19/h5,7-9,11H,3-4,6,19H2,1-2H3. The van der Waals surface area contributed by atoms with E-state index in [1.165, 1.54) is 0 Å². The Kier molecular flexibility index (Phi) is 4.16. The highest BCUT2D eigenvalue weighted by atomic mass is 19.4. The van der Waals surface area contributed by atoms with Crippen molar-refractivity contribution in [3.63, 3.8) is 0 Å². The van der Waals surface area contributed by atoms with Gasteiger partial charge in [-0.3, -0.25) is 4.79 Å². The van der Waals surface area contributed by atoms with Gasteiger partial charge in [-0.1, -0.05) is 6.92 Å². The van der Waals surface area contributed by atoms with Crippen LogP contribution >= 0.6 is 0 Å². The monoisotopic (exact) mass is 300 g/mol. The Morgan fingerprint density at radius 2 is 2.05 bits per heavy atom. The third-order valence-corrected chi connectivity index (χ3v) is 4.10. The zero-order valence-corrected chi connectivity index (χ0v) is 12.1. The highest BCUT2D eigenvalue weighted by Crippen LogP contribution is 2.33. The molecule has 1 aromatic rings. The highest BCUT2D eigenvalue weighted by molar-refractivity contribution is 5.99. The zero-order chi connectivity index (χ0) is 15.8. The van der Waals surface area contributed by atoms with Crippen LogP contribution in [0.3, 0.4) is 0 Å². The number of alkyl halides is 3. The van der Waals surface area contributed by atoms with Crippen LogP contribution in [0.2, 0.25) is 0 Å². The first-order chi connectivity index (χ1) is 9.75. The second-order valence-electron chi connectivity index (χ2n) is 5.50. The lowest BCUT2D eigenvalue weighted by Gasteiger charge is -2.28. The zero-order valence-electron chi connectivity index (χ0n) is 12.1. The summed E-state index contributed by atoms with van der Waals surface area (Å²) in [6.45, 7) is 3.88. The van der Waals surface area contributed by atoms with Gasteiger partial charge in [-0.15, -0.1) is 0 Å².